The van der Waals surface area contributed by atoms with Gasteiger partial charge in [-0.1, -0.05) is 31.5 Å². The summed E-state index contributed by atoms with van der Waals surface area (Å²) < 4.78 is 17.5. The molecule has 7 nitrogen and oxygen atoms in total. The number of carbonyl (C=O) groups is 1. The summed E-state index contributed by atoms with van der Waals surface area (Å²) in [5.74, 6) is 0.778. The van der Waals surface area contributed by atoms with Crippen molar-refractivity contribution in [2.45, 2.75) is 32.7 Å². The Morgan fingerprint density at radius 2 is 1.88 bits per heavy atom. The average Bonchev–Trinajstić information content (AvgIpc) is 3.07. The molecule has 1 aliphatic heterocycles. The van der Waals surface area contributed by atoms with E-state index in [1.807, 2.05) is 13.0 Å². The third kappa shape index (κ3) is 3.84. The Labute approximate surface area is 186 Å². The van der Waals surface area contributed by atoms with E-state index in [-0.39, 0.29) is 29.9 Å². The van der Waals surface area contributed by atoms with E-state index in [0.717, 1.165) is 12.8 Å². The number of benzene rings is 2. The lowest BCUT2D eigenvalue weighted by Gasteiger charge is -2.25. The van der Waals surface area contributed by atoms with Gasteiger partial charge in [-0.3, -0.25) is 9.59 Å². The molecule has 0 spiro atoms. The van der Waals surface area contributed by atoms with Crippen molar-refractivity contribution in [1.82, 2.24) is 4.90 Å². The Hall–Kier alpha value is -3.32. The van der Waals surface area contributed by atoms with Gasteiger partial charge >= 0.3 is 0 Å². The number of aliphatic hydroxyl groups is 1. The maximum Gasteiger partial charge on any atom is 0.290 e. The highest BCUT2D eigenvalue weighted by Crippen LogP contribution is 2.40. The van der Waals surface area contributed by atoms with Crippen molar-refractivity contribution in [3.05, 3.63) is 69.6 Å². The molecular weight excluding hydrogens is 410 g/mol. The van der Waals surface area contributed by atoms with E-state index < -0.39 is 11.9 Å². The van der Waals surface area contributed by atoms with Crippen LogP contribution in [0.2, 0.25) is 0 Å². The van der Waals surface area contributed by atoms with Gasteiger partial charge in [0.05, 0.1) is 36.8 Å². The van der Waals surface area contributed by atoms with E-state index in [0.29, 0.717) is 41.2 Å². The maximum atomic E-state index is 13.4. The molecule has 1 aromatic heterocycles. The standard InChI is InChI=1S/C25H27NO6/c1-3-5-14-31-19-11-10-16(15-20(19)30-4-2)22-21-23(28)17-8-6-7-9-18(17)32-24(21)25(29)26(22)12-13-27/h6-11,15,22,27H,3-5,12-14H2,1-2H3/t22-/m0/s1. The molecule has 4 rings (SSSR count). The molecule has 1 atom stereocenters. The zero-order chi connectivity index (χ0) is 22.7. The molecule has 0 saturated heterocycles. The predicted molar refractivity (Wildman–Crippen MR) is 120 cm³/mol. The fraction of sp³-hybridized carbons (Fsp3) is 0.360. The number of hydrogen-bond acceptors (Lipinski definition) is 6. The van der Waals surface area contributed by atoms with E-state index in [4.69, 9.17) is 13.9 Å². The van der Waals surface area contributed by atoms with Crippen molar-refractivity contribution >= 4 is 16.9 Å². The summed E-state index contributed by atoms with van der Waals surface area (Å²) >= 11 is 0. The molecule has 168 valence electrons. The van der Waals surface area contributed by atoms with E-state index >= 15 is 0 Å². The number of para-hydroxylation sites is 1. The fourth-order valence-electron chi connectivity index (χ4n) is 4.06. The van der Waals surface area contributed by atoms with Crippen LogP contribution in [-0.4, -0.2) is 42.3 Å². The minimum atomic E-state index is -0.686. The summed E-state index contributed by atoms with van der Waals surface area (Å²) in [5.41, 5.74) is 1.09. The van der Waals surface area contributed by atoms with Crippen molar-refractivity contribution in [2.24, 2.45) is 0 Å². The van der Waals surface area contributed by atoms with Crippen molar-refractivity contribution in [3.8, 4) is 11.5 Å². The van der Waals surface area contributed by atoms with Crippen LogP contribution in [0.25, 0.3) is 11.0 Å². The zero-order valence-electron chi connectivity index (χ0n) is 18.3. The summed E-state index contributed by atoms with van der Waals surface area (Å²) in [4.78, 5) is 28.0. The van der Waals surface area contributed by atoms with Crippen LogP contribution >= 0.6 is 0 Å². The van der Waals surface area contributed by atoms with E-state index in [2.05, 4.69) is 6.92 Å². The smallest absolute Gasteiger partial charge is 0.290 e. The maximum absolute atomic E-state index is 13.4. The zero-order valence-corrected chi connectivity index (χ0v) is 18.3. The van der Waals surface area contributed by atoms with Gasteiger partial charge in [-0.2, -0.15) is 0 Å². The first-order valence-electron chi connectivity index (χ1n) is 11.0. The van der Waals surface area contributed by atoms with E-state index in [1.54, 1.807) is 36.4 Å². The Morgan fingerprint density at radius 3 is 2.62 bits per heavy atom. The van der Waals surface area contributed by atoms with Gasteiger partial charge in [-0.25, -0.2) is 0 Å². The minimum absolute atomic E-state index is 0.0217. The summed E-state index contributed by atoms with van der Waals surface area (Å²) in [6.07, 6.45) is 1.94. The summed E-state index contributed by atoms with van der Waals surface area (Å²) in [5, 5.41) is 10.0. The lowest BCUT2D eigenvalue weighted by atomic mass is 9.98. The third-order valence-corrected chi connectivity index (χ3v) is 5.55. The molecule has 1 N–H and O–H groups in total. The van der Waals surface area contributed by atoms with E-state index in [9.17, 15) is 14.7 Å². The second-order valence-corrected chi connectivity index (χ2v) is 7.64. The van der Waals surface area contributed by atoms with Crippen molar-refractivity contribution < 1.29 is 23.8 Å². The van der Waals surface area contributed by atoms with Crippen LogP contribution in [0.3, 0.4) is 0 Å². The number of unbranched alkanes of at least 4 members (excludes halogenated alkanes) is 1. The number of β-amino-alcohol motifs (C(OH)–C–C–N with tert-alkyl or cyclic N) is 1. The molecule has 0 unspecified atom stereocenters. The minimum Gasteiger partial charge on any atom is -0.490 e. The largest absolute Gasteiger partial charge is 0.490 e. The summed E-state index contributed by atoms with van der Waals surface area (Å²) in [6.45, 7) is 4.83. The molecule has 0 fully saturated rings. The Bertz CT molecular complexity index is 1180. The number of aliphatic hydroxyl groups excluding tert-OH is 1. The second-order valence-electron chi connectivity index (χ2n) is 7.64. The average molecular weight is 437 g/mol. The van der Waals surface area contributed by atoms with Crippen LogP contribution in [0.1, 0.15) is 54.4 Å². The molecule has 2 heterocycles. The third-order valence-electron chi connectivity index (χ3n) is 5.55. The van der Waals surface area contributed by atoms with E-state index in [1.165, 1.54) is 4.90 Å². The van der Waals surface area contributed by atoms with Gasteiger partial charge in [-0.05, 0) is 43.2 Å². The number of carbonyl (C=O) groups excluding carboxylic acids is 1. The lowest BCUT2D eigenvalue weighted by Crippen LogP contribution is -2.32. The number of fused-ring (bicyclic) bond motifs is 2. The highest BCUT2D eigenvalue weighted by Gasteiger charge is 2.42. The van der Waals surface area contributed by atoms with Crippen molar-refractivity contribution in [1.29, 1.82) is 0 Å². The topological polar surface area (TPSA) is 89.2 Å². The molecule has 1 aliphatic rings. The van der Waals surface area contributed by atoms with Gasteiger partial charge in [0.25, 0.3) is 5.91 Å². The van der Waals surface area contributed by atoms with Crippen molar-refractivity contribution in [3.63, 3.8) is 0 Å². The van der Waals surface area contributed by atoms with Crippen LogP contribution in [0, 0.1) is 0 Å². The van der Waals surface area contributed by atoms with Crippen LogP contribution < -0.4 is 14.9 Å². The van der Waals surface area contributed by atoms with Crippen LogP contribution in [-0.2, 0) is 0 Å². The molecular formula is C25H27NO6. The summed E-state index contributed by atoms with van der Waals surface area (Å²) in [7, 11) is 0. The van der Waals surface area contributed by atoms with Gasteiger partial charge in [0.2, 0.25) is 5.76 Å². The van der Waals surface area contributed by atoms with Gasteiger partial charge in [-0.15, -0.1) is 0 Å². The molecule has 2 aromatic carbocycles. The Balaban J connectivity index is 1.85. The monoisotopic (exact) mass is 437 g/mol. The van der Waals surface area contributed by atoms with Gasteiger partial charge in [0.1, 0.15) is 5.58 Å². The predicted octanol–water partition coefficient (Wildman–Crippen LogP) is 3.91. The Morgan fingerprint density at radius 1 is 1.06 bits per heavy atom. The molecule has 3 aromatic rings. The highest BCUT2D eigenvalue weighted by molar-refractivity contribution is 5.99. The second kappa shape index (κ2) is 9.44. The van der Waals surface area contributed by atoms with Gasteiger partial charge < -0.3 is 23.9 Å². The van der Waals surface area contributed by atoms with Crippen LogP contribution in [0.15, 0.2) is 51.7 Å². The number of hydrogen-bond donors (Lipinski definition) is 1. The van der Waals surface area contributed by atoms with Gasteiger partial charge in [0, 0.05) is 6.54 Å². The number of rotatable bonds is 9. The SMILES string of the molecule is CCCCOc1ccc([C@H]2c3c(oc4ccccc4c3=O)C(=O)N2CCO)cc1OCC. The highest BCUT2D eigenvalue weighted by atomic mass is 16.5. The normalized spacial score (nSPS) is 15.3. The first kappa shape index (κ1) is 21.9. The first-order chi connectivity index (χ1) is 15.6. The number of ether oxygens (including phenoxy) is 2. The van der Waals surface area contributed by atoms with Crippen molar-refractivity contribution in [2.75, 3.05) is 26.4 Å². The quantitative estimate of drug-likeness (QED) is 0.511. The molecule has 0 radical (unpaired) electrons. The first-order valence-corrected chi connectivity index (χ1v) is 11.0. The molecule has 0 bridgehead atoms. The lowest BCUT2D eigenvalue weighted by molar-refractivity contribution is 0.0691. The molecule has 32 heavy (non-hydrogen) atoms. The summed E-state index contributed by atoms with van der Waals surface area (Å²) in [6, 6.07) is 11.6. The van der Waals surface area contributed by atoms with Crippen LogP contribution in [0.4, 0.5) is 0 Å². The fourth-order valence-corrected chi connectivity index (χ4v) is 4.06. The molecule has 1 amide bonds. The number of nitrogens with zero attached hydrogens (tertiary/aromatic N) is 1. The Kier molecular flexibility index (Phi) is 6.46. The van der Waals surface area contributed by atoms with Gasteiger partial charge in [0.15, 0.2) is 16.9 Å². The number of amides is 1. The van der Waals surface area contributed by atoms with Crippen LogP contribution in [0.5, 0.6) is 11.5 Å². The molecule has 0 saturated carbocycles. The molecule has 0 aliphatic carbocycles. The molecule has 7 heteroatoms.